The molecular weight excluding hydrogens is 250 g/mol. The Morgan fingerprint density at radius 1 is 1.25 bits per heavy atom. The van der Waals surface area contributed by atoms with Gasteiger partial charge in [-0.2, -0.15) is 0 Å². The van der Waals surface area contributed by atoms with E-state index in [9.17, 15) is 4.79 Å². The molecule has 112 valence electrons. The van der Waals surface area contributed by atoms with Crippen molar-refractivity contribution >= 4 is 11.6 Å². The number of carbonyl (C=O) groups is 1. The van der Waals surface area contributed by atoms with E-state index in [2.05, 4.69) is 24.6 Å². The zero-order valence-electron chi connectivity index (χ0n) is 13.0. The molecule has 1 rings (SSSR count). The first-order chi connectivity index (χ1) is 9.43. The van der Waals surface area contributed by atoms with Gasteiger partial charge in [0.1, 0.15) is 0 Å². The summed E-state index contributed by atoms with van der Waals surface area (Å²) in [5, 5.41) is 3.04. The van der Waals surface area contributed by atoms with Crippen molar-refractivity contribution in [2.75, 3.05) is 5.43 Å². The smallest absolute Gasteiger partial charge is 0.253 e. The van der Waals surface area contributed by atoms with Crippen LogP contribution in [0, 0.1) is 12.8 Å². The van der Waals surface area contributed by atoms with Gasteiger partial charge in [0.25, 0.3) is 5.91 Å². The van der Waals surface area contributed by atoms with Crippen LogP contribution in [0.2, 0.25) is 0 Å². The summed E-state index contributed by atoms with van der Waals surface area (Å²) >= 11 is 0. The average Bonchev–Trinajstić information content (AvgIpc) is 2.38. The molecule has 4 heteroatoms. The number of nitrogen functional groups attached to an aromatic ring is 1. The highest BCUT2D eigenvalue weighted by Gasteiger charge is 2.13. The Morgan fingerprint density at radius 3 is 2.55 bits per heavy atom. The van der Waals surface area contributed by atoms with Crippen molar-refractivity contribution in [1.29, 1.82) is 0 Å². The Balaban J connectivity index is 2.59. The van der Waals surface area contributed by atoms with E-state index in [-0.39, 0.29) is 11.9 Å². The van der Waals surface area contributed by atoms with Gasteiger partial charge >= 0.3 is 0 Å². The summed E-state index contributed by atoms with van der Waals surface area (Å²) in [6.07, 6.45) is 3.33. The van der Waals surface area contributed by atoms with Crippen LogP contribution in [0.5, 0.6) is 0 Å². The molecule has 0 heterocycles. The van der Waals surface area contributed by atoms with E-state index in [0.717, 1.165) is 18.4 Å². The van der Waals surface area contributed by atoms with Crippen LogP contribution in [0.4, 0.5) is 5.69 Å². The summed E-state index contributed by atoms with van der Waals surface area (Å²) in [5.41, 5.74) is 4.87. The third kappa shape index (κ3) is 5.21. The number of aryl methyl sites for hydroxylation is 1. The van der Waals surface area contributed by atoms with Crippen molar-refractivity contribution in [3.8, 4) is 0 Å². The summed E-state index contributed by atoms with van der Waals surface area (Å²) < 4.78 is 0. The number of anilines is 1. The van der Waals surface area contributed by atoms with E-state index in [1.54, 1.807) is 0 Å². The molecule has 1 amide bonds. The fourth-order valence-corrected chi connectivity index (χ4v) is 2.18. The lowest BCUT2D eigenvalue weighted by atomic mass is 10.0. The third-order valence-corrected chi connectivity index (χ3v) is 3.37. The molecule has 1 aromatic rings. The molecule has 4 nitrogen and oxygen atoms in total. The highest BCUT2D eigenvalue weighted by molar-refractivity contribution is 5.99. The molecular formula is C16H27N3O. The predicted molar refractivity (Wildman–Crippen MR) is 84.6 cm³/mol. The average molecular weight is 277 g/mol. The van der Waals surface area contributed by atoms with Gasteiger partial charge in [0.15, 0.2) is 0 Å². The Kier molecular flexibility index (Phi) is 6.52. The largest absolute Gasteiger partial charge is 0.350 e. The van der Waals surface area contributed by atoms with Crippen molar-refractivity contribution in [2.45, 2.75) is 53.0 Å². The summed E-state index contributed by atoms with van der Waals surface area (Å²) in [7, 11) is 0. The predicted octanol–water partition coefficient (Wildman–Crippen LogP) is 3.23. The molecule has 0 saturated heterocycles. The zero-order chi connectivity index (χ0) is 15.1. The highest BCUT2D eigenvalue weighted by atomic mass is 16.1. The molecule has 4 N–H and O–H groups in total. The number of nitrogens with one attached hydrogen (secondary N) is 2. The highest BCUT2D eigenvalue weighted by Crippen LogP contribution is 2.17. The molecule has 0 aromatic heterocycles. The van der Waals surface area contributed by atoms with Crippen molar-refractivity contribution in [3.05, 3.63) is 29.3 Å². The number of rotatable bonds is 7. The van der Waals surface area contributed by atoms with Gasteiger partial charge in [-0.3, -0.25) is 10.6 Å². The summed E-state index contributed by atoms with van der Waals surface area (Å²) in [6.45, 7) is 8.44. The molecule has 1 aromatic carbocycles. The number of hydrogen-bond donors (Lipinski definition) is 3. The fraction of sp³-hybridized carbons (Fsp3) is 0.562. The minimum Gasteiger partial charge on any atom is -0.350 e. The first kappa shape index (κ1) is 16.5. The maximum absolute atomic E-state index is 12.3. The van der Waals surface area contributed by atoms with Crippen LogP contribution in [0.1, 0.15) is 56.0 Å². The zero-order valence-corrected chi connectivity index (χ0v) is 13.0. The molecule has 0 fully saturated rings. The number of hydrazine groups is 1. The van der Waals surface area contributed by atoms with Crippen LogP contribution < -0.4 is 16.6 Å². The molecule has 0 radical (unpaired) electrons. The van der Waals surface area contributed by atoms with Crippen molar-refractivity contribution in [3.63, 3.8) is 0 Å². The minimum absolute atomic E-state index is 0.0707. The molecule has 0 aliphatic rings. The molecule has 1 unspecified atom stereocenters. The quantitative estimate of drug-likeness (QED) is 0.529. The summed E-state index contributed by atoms with van der Waals surface area (Å²) in [4.78, 5) is 12.3. The first-order valence-electron chi connectivity index (χ1n) is 7.32. The summed E-state index contributed by atoms with van der Waals surface area (Å²) in [6, 6.07) is 5.78. The van der Waals surface area contributed by atoms with Crippen molar-refractivity contribution in [2.24, 2.45) is 11.8 Å². The first-order valence-corrected chi connectivity index (χ1v) is 7.32. The minimum atomic E-state index is -0.0707. The van der Waals surface area contributed by atoms with E-state index in [1.807, 2.05) is 32.0 Å². The lowest BCUT2D eigenvalue weighted by molar-refractivity contribution is 0.0938. The number of hydrogen-bond acceptors (Lipinski definition) is 3. The van der Waals surface area contributed by atoms with Gasteiger partial charge in [0, 0.05) is 6.04 Å². The lowest BCUT2D eigenvalue weighted by Crippen LogP contribution is -2.33. The maximum Gasteiger partial charge on any atom is 0.253 e. The third-order valence-electron chi connectivity index (χ3n) is 3.37. The van der Waals surface area contributed by atoms with E-state index in [0.29, 0.717) is 17.2 Å². The van der Waals surface area contributed by atoms with Gasteiger partial charge in [-0.15, -0.1) is 0 Å². The maximum atomic E-state index is 12.3. The van der Waals surface area contributed by atoms with Crippen LogP contribution in [0.25, 0.3) is 0 Å². The SMILES string of the molecule is Cc1ccc(NN)c(C(=O)NC(C)CCCC(C)C)c1. The van der Waals surface area contributed by atoms with Crippen LogP contribution in [-0.2, 0) is 0 Å². The lowest BCUT2D eigenvalue weighted by Gasteiger charge is -2.16. The van der Waals surface area contributed by atoms with E-state index in [1.165, 1.54) is 6.42 Å². The van der Waals surface area contributed by atoms with E-state index < -0.39 is 0 Å². The normalized spacial score (nSPS) is 12.3. The second-order valence-corrected chi connectivity index (χ2v) is 5.89. The second kappa shape index (κ2) is 7.90. The molecule has 0 spiro atoms. The van der Waals surface area contributed by atoms with Gasteiger partial charge in [-0.1, -0.05) is 38.3 Å². The standard InChI is InChI=1S/C16H27N3O/c1-11(2)6-5-7-13(4)18-16(20)14-10-12(3)8-9-15(14)19-17/h8-11,13,19H,5-7,17H2,1-4H3,(H,18,20). The monoisotopic (exact) mass is 277 g/mol. The number of amides is 1. The van der Waals surface area contributed by atoms with Gasteiger partial charge < -0.3 is 10.7 Å². The fourth-order valence-electron chi connectivity index (χ4n) is 2.18. The van der Waals surface area contributed by atoms with E-state index in [4.69, 9.17) is 5.84 Å². The molecule has 1 atom stereocenters. The number of nitrogens with two attached hydrogens (primary N) is 1. The van der Waals surface area contributed by atoms with Crippen LogP contribution in [0.3, 0.4) is 0 Å². The van der Waals surface area contributed by atoms with Crippen LogP contribution in [-0.4, -0.2) is 11.9 Å². The van der Waals surface area contributed by atoms with Gasteiger partial charge in [-0.05, 0) is 38.3 Å². The number of carbonyl (C=O) groups excluding carboxylic acids is 1. The molecule has 0 saturated carbocycles. The Morgan fingerprint density at radius 2 is 1.95 bits per heavy atom. The Bertz CT molecular complexity index is 443. The Labute approximate surface area is 122 Å². The second-order valence-electron chi connectivity index (χ2n) is 5.89. The summed E-state index contributed by atoms with van der Waals surface area (Å²) in [5.74, 6) is 6.09. The van der Waals surface area contributed by atoms with Gasteiger partial charge in [0.05, 0.1) is 11.3 Å². The van der Waals surface area contributed by atoms with Gasteiger partial charge in [-0.25, -0.2) is 0 Å². The van der Waals surface area contributed by atoms with Crippen LogP contribution in [0.15, 0.2) is 18.2 Å². The van der Waals surface area contributed by atoms with Gasteiger partial charge in [0.2, 0.25) is 0 Å². The number of benzene rings is 1. The molecule has 0 aliphatic heterocycles. The Hall–Kier alpha value is -1.55. The van der Waals surface area contributed by atoms with Crippen molar-refractivity contribution in [1.82, 2.24) is 5.32 Å². The topological polar surface area (TPSA) is 67.1 Å². The molecule has 20 heavy (non-hydrogen) atoms. The van der Waals surface area contributed by atoms with Crippen molar-refractivity contribution < 1.29 is 4.79 Å². The van der Waals surface area contributed by atoms with Crippen LogP contribution >= 0.6 is 0 Å². The molecule has 0 aliphatic carbocycles. The molecule has 0 bridgehead atoms. The van der Waals surface area contributed by atoms with E-state index >= 15 is 0 Å².